The second kappa shape index (κ2) is 6.97. The lowest BCUT2D eigenvalue weighted by molar-refractivity contribution is -0.132. The van der Waals surface area contributed by atoms with Crippen molar-refractivity contribution in [2.75, 3.05) is 19.7 Å². The summed E-state index contributed by atoms with van der Waals surface area (Å²) in [5, 5.41) is 17.9. The monoisotopic (exact) mass is 323 g/mol. The third kappa shape index (κ3) is 3.40. The van der Waals surface area contributed by atoms with Gasteiger partial charge < -0.3 is 21.1 Å². The van der Waals surface area contributed by atoms with Crippen LogP contribution in [0.5, 0.6) is 0 Å². The van der Waals surface area contributed by atoms with Gasteiger partial charge in [0.1, 0.15) is 6.61 Å². The van der Waals surface area contributed by atoms with E-state index in [0.717, 1.165) is 25.8 Å². The molecule has 5 atom stereocenters. The maximum atomic E-state index is 12.6. The van der Waals surface area contributed by atoms with Crippen LogP contribution < -0.4 is 16.0 Å². The number of hydrogen-bond donors (Lipinski definition) is 4. The molecule has 0 aromatic rings. The molecule has 1 aliphatic carbocycles. The van der Waals surface area contributed by atoms with Crippen LogP contribution in [-0.4, -0.2) is 54.5 Å². The Morgan fingerprint density at radius 1 is 1.30 bits per heavy atom. The minimum absolute atomic E-state index is 0.0789. The third-order valence-corrected chi connectivity index (χ3v) is 5.57. The lowest BCUT2D eigenvalue weighted by Crippen LogP contribution is -2.51. The lowest BCUT2D eigenvalue weighted by Gasteiger charge is -2.23. The Bertz CT molecular complexity index is 496. The van der Waals surface area contributed by atoms with Crippen LogP contribution in [0.15, 0.2) is 0 Å². The van der Waals surface area contributed by atoms with Crippen molar-refractivity contribution in [3.63, 3.8) is 0 Å². The Morgan fingerprint density at radius 3 is 2.83 bits per heavy atom. The highest BCUT2D eigenvalue weighted by Crippen LogP contribution is 2.37. The van der Waals surface area contributed by atoms with E-state index in [9.17, 15) is 14.4 Å². The maximum Gasteiger partial charge on any atom is 0.238 e. The molecular weight excluding hydrogens is 298 g/mol. The van der Waals surface area contributed by atoms with Crippen LogP contribution >= 0.6 is 0 Å². The zero-order chi connectivity index (χ0) is 16.4. The first kappa shape index (κ1) is 16.4. The van der Waals surface area contributed by atoms with Gasteiger partial charge in [0.2, 0.25) is 11.8 Å². The van der Waals surface area contributed by atoms with E-state index in [0.29, 0.717) is 24.8 Å². The normalized spacial score (nSPS) is 34.0. The molecule has 7 nitrogen and oxygen atoms in total. The number of hydrogen-bond acceptors (Lipinski definition) is 5. The van der Waals surface area contributed by atoms with Crippen LogP contribution in [0.4, 0.5) is 0 Å². The highest BCUT2D eigenvalue weighted by atomic mass is 16.3. The molecule has 128 valence electrons. The maximum absolute atomic E-state index is 12.6. The van der Waals surface area contributed by atoms with E-state index < -0.39 is 18.4 Å². The second-order valence-corrected chi connectivity index (χ2v) is 6.94. The first-order valence-electron chi connectivity index (χ1n) is 8.55. The number of nitrogens with one attached hydrogen (secondary N) is 3. The summed E-state index contributed by atoms with van der Waals surface area (Å²) in [7, 11) is 0. The fourth-order valence-corrected chi connectivity index (χ4v) is 4.27. The van der Waals surface area contributed by atoms with Crippen LogP contribution in [0.1, 0.15) is 32.1 Å². The topological polar surface area (TPSA) is 108 Å². The number of ketones is 1. The zero-order valence-corrected chi connectivity index (χ0v) is 13.2. The summed E-state index contributed by atoms with van der Waals surface area (Å²) in [6.45, 7) is 0.835. The molecule has 0 aromatic heterocycles. The van der Waals surface area contributed by atoms with Crippen LogP contribution in [0.25, 0.3) is 0 Å². The summed E-state index contributed by atoms with van der Waals surface area (Å²) >= 11 is 0. The quantitative estimate of drug-likeness (QED) is 0.499. The van der Waals surface area contributed by atoms with Gasteiger partial charge in [-0.2, -0.15) is 0 Å². The molecular formula is C16H25N3O4. The van der Waals surface area contributed by atoms with Gasteiger partial charge in [-0.05, 0) is 44.1 Å². The summed E-state index contributed by atoms with van der Waals surface area (Å²) in [6, 6.07) is -1.04. The van der Waals surface area contributed by atoms with Crippen molar-refractivity contribution in [2.24, 2.45) is 17.8 Å². The fourth-order valence-electron chi connectivity index (χ4n) is 4.27. The molecule has 0 spiro atoms. The zero-order valence-electron chi connectivity index (χ0n) is 13.2. The first-order valence-corrected chi connectivity index (χ1v) is 8.55. The fraction of sp³-hybridized carbons (Fsp3) is 0.812. The number of amides is 2. The largest absolute Gasteiger partial charge is 0.389 e. The van der Waals surface area contributed by atoms with Gasteiger partial charge in [-0.1, -0.05) is 6.42 Å². The standard InChI is InChI=1S/C16H25N3O4/c20-8-13(21)12(6-9-4-5-17-15(9)22)19-16(23)14-11-3-1-2-10(11)7-18-14/h9-12,14,18,20H,1-8H2,(H,17,22)(H,19,23)/t9-,10-,11-,12-,14-/m0/s1. The molecule has 2 amide bonds. The van der Waals surface area contributed by atoms with Crippen molar-refractivity contribution in [1.29, 1.82) is 0 Å². The third-order valence-electron chi connectivity index (χ3n) is 5.57. The molecule has 0 aromatic carbocycles. The van der Waals surface area contributed by atoms with Gasteiger partial charge >= 0.3 is 0 Å². The minimum Gasteiger partial charge on any atom is -0.389 e. The molecule has 2 heterocycles. The van der Waals surface area contributed by atoms with Gasteiger partial charge in [0.05, 0.1) is 12.1 Å². The van der Waals surface area contributed by atoms with E-state index in [1.807, 2.05) is 0 Å². The molecule has 1 saturated carbocycles. The molecule has 2 aliphatic heterocycles. The van der Waals surface area contributed by atoms with Gasteiger partial charge in [0, 0.05) is 12.5 Å². The summed E-state index contributed by atoms with van der Waals surface area (Å²) < 4.78 is 0. The van der Waals surface area contributed by atoms with Crippen molar-refractivity contribution >= 4 is 17.6 Å². The molecule has 0 bridgehead atoms. The second-order valence-electron chi connectivity index (χ2n) is 6.94. The molecule has 7 heteroatoms. The lowest BCUT2D eigenvalue weighted by atomic mass is 9.92. The molecule has 0 radical (unpaired) electrons. The summed E-state index contributed by atoms with van der Waals surface area (Å²) in [4.78, 5) is 36.2. The molecule has 0 unspecified atom stereocenters. The predicted octanol–water partition coefficient (Wildman–Crippen LogP) is -1.05. The number of Topliss-reactive ketones (excluding diaryl/α,β-unsaturated/α-hetero) is 1. The average molecular weight is 323 g/mol. The summed E-state index contributed by atoms with van der Waals surface area (Å²) in [6.07, 6.45) is 4.28. The number of carbonyl (C=O) groups excluding carboxylic acids is 3. The number of carbonyl (C=O) groups is 3. The number of rotatable bonds is 6. The van der Waals surface area contributed by atoms with Gasteiger partial charge in [0.15, 0.2) is 5.78 Å². The summed E-state index contributed by atoms with van der Waals surface area (Å²) in [5.41, 5.74) is 0. The number of fused-ring (bicyclic) bond motifs is 1. The van der Waals surface area contributed by atoms with Crippen molar-refractivity contribution < 1.29 is 19.5 Å². The predicted molar refractivity (Wildman–Crippen MR) is 82.4 cm³/mol. The number of aliphatic hydroxyl groups excluding tert-OH is 1. The molecule has 3 aliphatic rings. The van der Waals surface area contributed by atoms with Crippen molar-refractivity contribution in [2.45, 2.75) is 44.2 Å². The highest BCUT2D eigenvalue weighted by molar-refractivity contribution is 5.92. The van der Waals surface area contributed by atoms with Gasteiger partial charge in [-0.25, -0.2) is 0 Å². The molecule has 3 rings (SSSR count). The van der Waals surface area contributed by atoms with E-state index in [4.69, 9.17) is 5.11 Å². The SMILES string of the molecule is O=C1NCC[C@H]1C[C@H](NC(=O)[C@H]1NC[C@@H]2CCC[C@@H]21)C(=O)CO. The number of aliphatic hydroxyl groups is 1. The van der Waals surface area contributed by atoms with Gasteiger partial charge in [-0.15, -0.1) is 0 Å². The van der Waals surface area contributed by atoms with E-state index >= 15 is 0 Å². The molecule has 4 N–H and O–H groups in total. The average Bonchev–Trinajstić information content (AvgIpc) is 3.23. The first-order chi connectivity index (χ1) is 11.1. The highest BCUT2D eigenvalue weighted by Gasteiger charge is 2.43. The Kier molecular flexibility index (Phi) is 4.96. The van der Waals surface area contributed by atoms with Crippen LogP contribution in [0.2, 0.25) is 0 Å². The Morgan fingerprint density at radius 2 is 2.13 bits per heavy atom. The van der Waals surface area contributed by atoms with Crippen molar-refractivity contribution in [1.82, 2.24) is 16.0 Å². The minimum atomic E-state index is -0.788. The van der Waals surface area contributed by atoms with Crippen LogP contribution in [-0.2, 0) is 14.4 Å². The van der Waals surface area contributed by atoms with Gasteiger partial charge in [-0.3, -0.25) is 14.4 Å². The Labute approximate surface area is 135 Å². The molecule has 23 heavy (non-hydrogen) atoms. The Hall–Kier alpha value is -1.47. The van der Waals surface area contributed by atoms with E-state index in [-0.39, 0.29) is 30.2 Å². The van der Waals surface area contributed by atoms with Gasteiger partial charge in [0.25, 0.3) is 0 Å². The van der Waals surface area contributed by atoms with E-state index in [2.05, 4.69) is 16.0 Å². The summed E-state index contributed by atoms with van der Waals surface area (Å²) in [5.74, 6) is -0.0620. The van der Waals surface area contributed by atoms with Crippen LogP contribution in [0, 0.1) is 17.8 Å². The van der Waals surface area contributed by atoms with Crippen molar-refractivity contribution in [3.05, 3.63) is 0 Å². The molecule has 3 fully saturated rings. The van der Waals surface area contributed by atoms with Crippen molar-refractivity contribution in [3.8, 4) is 0 Å². The smallest absolute Gasteiger partial charge is 0.238 e. The van der Waals surface area contributed by atoms with E-state index in [1.54, 1.807) is 0 Å². The Balaban J connectivity index is 1.62. The molecule has 2 saturated heterocycles. The van der Waals surface area contributed by atoms with E-state index in [1.165, 1.54) is 0 Å². The van der Waals surface area contributed by atoms with Crippen LogP contribution in [0.3, 0.4) is 0 Å².